The number of halogens is 1. The summed E-state index contributed by atoms with van der Waals surface area (Å²) in [6.45, 7) is 4.87. The fourth-order valence-electron chi connectivity index (χ4n) is 2.96. The highest BCUT2D eigenvalue weighted by Crippen LogP contribution is 2.29. The molecule has 5 nitrogen and oxygen atoms in total. The van der Waals surface area contributed by atoms with Crippen LogP contribution in [-0.4, -0.2) is 43.8 Å². The van der Waals surface area contributed by atoms with Crippen molar-refractivity contribution in [1.29, 1.82) is 0 Å². The number of hydrogen-bond acceptors (Lipinski definition) is 4. The molecule has 1 heterocycles. The zero-order valence-corrected chi connectivity index (χ0v) is 15.5. The lowest BCUT2D eigenvalue weighted by Gasteiger charge is -2.29. The molecule has 3 rings (SSSR count). The van der Waals surface area contributed by atoms with Gasteiger partial charge in [-0.1, -0.05) is 43.3 Å². The first kappa shape index (κ1) is 19.3. The molecule has 1 N–H and O–H groups in total. The molecule has 0 spiro atoms. The fourth-order valence-corrected chi connectivity index (χ4v) is 2.96. The van der Waals surface area contributed by atoms with E-state index in [0.717, 1.165) is 17.5 Å². The number of nitrogens with zero attached hydrogens (tertiary/aromatic N) is 1. The second-order valence-electron chi connectivity index (χ2n) is 6.43. The summed E-state index contributed by atoms with van der Waals surface area (Å²) in [5.74, 6) is -0.455. The van der Waals surface area contributed by atoms with Gasteiger partial charge in [0.2, 0.25) is 6.29 Å². The fraction of sp³-hybridized carbons (Fsp3) is 0.381. The van der Waals surface area contributed by atoms with E-state index < -0.39 is 18.2 Å². The predicted molar refractivity (Wildman–Crippen MR) is 102 cm³/mol. The molecular weight excluding hydrogens is 347 g/mol. The third-order valence-corrected chi connectivity index (χ3v) is 4.41. The number of benzene rings is 2. The first-order valence-electron chi connectivity index (χ1n) is 9.31. The molecule has 2 aromatic rings. The number of carbonyl (C=O) groups excluding carboxylic acids is 1. The van der Waals surface area contributed by atoms with Gasteiger partial charge in [-0.15, -0.1) is 0 Å². The molecule has 0 bridgehead atoms. The molecule has 1 atom stereocenters. The highest BCUT2D eigenvalue weighted by Gasteiger charge is 2.25. The Kier molecular flexibility index (Phi) is 6.79. The van der Waals surface area contributed by atoms with Gasteiger partial charge in [0, 0.05) is 26.2 Å². The van der Waals surface area contributed by atoms with Crippen molar-refractivity contribution >= 4 is 6.09 Å². The second kappa shape index (κ2) is 9.48. The van der Waals surface area contributed by atoms with Crippen LogP contribution in [0.1, 0.15) is 25.2 Å². The van der Waals surface area contributed by atoms with Crippen LogP contribution in [0.4, 0.5) is 9.18 Å². The topological polar surface area (TPSA) is 50.8 Å². The first-order chi connectivity index (χ1) is 13.2. The van der Waals surface area contributed by atoms with E-state index in [1.54, 1.807) is 17.0 Å². The van der Waals surface area contributed by atoms with Crippen molar-refractivity contribution in [2.45, 2.75) is 19.6 Å². The second-order valence-corrected chi connectivity index (χ2v) is 6.43. The molecular formula is C21H25FN2O3. The number of rotatable bonds is 6. The molecule has 0 saturated carbocycles. The number of ether oxygens (including phenoxy) is 2. The maximum atomic E-state index is 14.6. The lowest BCUT2D eigenvalue weighted by molar-refractivity contribution is -0.117. The molecule has 2 aromatic carbocycles. The van der Waals surface area contributed by atoms with Gasteiger partial charge >= 0.3 is 6.09 Å². The number of amides is 1. The van der Waals surface area contributed by atoms with Gasteiger partial charge in [0.15, 0.2) is 0 Å². The van der Waals surface area contributed by atoms with Crippen molar-refractivity contribution in [3.63, 3.8) is 0 Å². The zero-order valence-electron chi connectivity index (χ0n) is 15.5. The number of carbonyl (C=O) groups is 1. The molecule has 6 heteroatoms. The van der Waals surface area contributed by atoms with E-state index >= 15 is 0 Å². The number of piperazine rings is 1. The molecule has 0 radical (unpaired) electrons. The maximum Gasteiger partial charge on any atom is 0.412 e. The van der Waals surface area contributed by atoms with Crippen molar-refractivity contribution in [2.75, 3.05) is 32.8 Å². The minimum absolute atomic E-state index is 0.230. The summed E-state index contributed by atoms with van der Waals surface area (Å²) in [5, 5.41) is 3.18. The van der Waals surface area contributed by atoms with Crippen LogP contribution >= 0.6 is 0 Å². The average Bonchev–Trinajstić information content (AvgIpc) is 2.72. The highest BCUT2D eigenvalue weighted by molar-refractivity contribution is 5.68. The van der Waals surface area contributed by atoms with Crippen LogP contribution in [0.2, 0.25) is 0 Å². The minimum atomic E-state index is -1.07. The normalized spacial score (nSPS) is 15.4. The van der Waals surface area contributed by atoms with Crippen LogP contribution in [-0.2, 0) is 9.47 Å². The predicted octanol–water partition coefficient (Wildman–Crippen LogP) is 3.96. The van der Waals surface area contributed by atoms with Gasteiger partial charge in [0.05, 0.1) is 12.2 Å². The standard InChI is InChI=1S/C21H25FN2O3/c1-2-14-26-20(27-21(25)24-12-10-23-11-13-24)18-15-17(8-9-19(18)22)16-6-4-3-5-7-16/h3-9,15,20,23H,2,10-14H2,1H3. The maximum absolute atomic E-state index is 14.6. The van der Waals surface area contributed by atoms with Gasteiger partial charge in [-0.25, -0.2) is 9.18 Å². The van der Waals surface area contributed by atoms with Crippen molar-refractivity contribution in [2.24, 2.45) is 0 Å². The van der Waals surface area contributed by atoms with Crippen LogP contribution < -0.4 is 5.32 Å². The number of hydrogen-bond donors (Lipinski definition) is 1. The van der Waals surface area contributed by atoms with Gasteiger partial charge in [0.1, 0.15) is 5.82 Å². The highest BCUT2D eigenvalue weighted by atomic mass is 19.1. The van der Waals surface area contributed by atoms with Gasteiger partial charge in [0.25, 0.3) is 0 Å². The van der Waals surface area contributed by atoms with E-state index in [2.05, 4.69) is 5.32 Å². The molecule has 1 amide bonds. The number of nitrogens with one attached hydrogen (secondary N) is 1. The van der Waals surface area contributed by atoms with Crippen molar-refractivity contribution in [1.82, 2.24) is 10.2 Å². The monoisotopic (exact) mass is 372 g/mol. The summed E-state index contributed by atoms with van der Waals surface area (Å²) < 4.78 is 25.8. The van der Waals surface area contributed by atoms with E-state index in [4.69, 9.17) is 9.47 Å². The minimum Gasteiger partial charge on any atom is -0.415 e. The Bertz CT molecular complexity index is 748. The molecule has 0 aromatic heterocycles. The van der Waals surface area contributed by atoms with Gasteiger partial charge in [-0.05, 0) is 29.7 Å². The average molecular weight is 372 g/mol. The quantitative estimate of drug-likeness (QED) is 0.780. The summed E-state index contributed by atoms with van der Waals surface area (Å²) in [6.07, 6.45) is -0.820. The Labute approximate surface area is 159 Å². The summed E-state index contributed by atoms with van der Waals surface area (Å²) in [7, 11) is 0. The molecule has 0 aliphatic carbocycles. The first-order valence-corrected chi connectivity index (χ1v) is 9.31. The Morgan fingerprint density at radius 3 is 2.59 bits per heavy atom. The van der Waals surface area contributed by atoms with Crippen LogP contribution in [0.5, 0.6) is 0 Å². The van der Waals surface area contributed by atoms with Crippen LogP contribution in [0.3, 0.4) is 0 Å². The molecule has 1 aliphatic rings. The Morgan fingerprint density at radius 1 is 1.15 bits per heavy atom. The van der Waals surface area contributed by atoms with E-state index in [-0.39, 0.29) is 5.56 Å². The van der Waals surface area contributed by atoms with Gasteiger partial charge in [-0.3, -0.25) is 0 Å². The lowest BCUT2D eigenvalue weighted by Crippen LogP contribution is -2.47. The van der Waals surface area contributed by atoms with Crippen LogP contribution in [0, 0.1) is 5.82 Å². The SMILES string of the molecule is CCCOC(OC(=O)N1CCNCC1)c1cc(-c2ccccc2)ccc1F. The summed E-state index contributed by atoms with van der Waals surface area (Å²) in [5.41, 5.74) is 2.03. The molecule has 1 unspecified atom stereocenters. The van der Waals surface area contributed by atoms with E-state index in [1.807, 2.05) is 37.3 Å². The van der Waals surface area contributed by atoms with Crippen molar-refractivity contribution in [3.05, 3.63) is 59.9 Å². The van der Waals surface area contributed by atoms with Gasteiger partial charge in [-0.2, -0.15) is 0 Å². The summed E-state index contributed by atoms with van der Waals surface area (Å²) in [6, 6.07) is 14.5. The summed E-state index contributed by atoms with van der Waals surface area (Å²) in [4.78, 5) is 14.1. The van der Waals surface area contributed by atoms with E-state index in [1.165, 1.54) is 6.07 Å². The third kappa shape index (κ3) is 5.05. The third-order valence-electron chi connectivity index (χ3n) is 4.41. The van der Waals surface area contributed by atoms with Crippen molar-refractivity contribution in [3.8, 4) is 11.1 Å². The largest absolute Gasteiger partial charge is 0.415 e. The Morgan fingerprint density at radius 2 is 1.89 bits per heavy atom. The van der Waals surface area contributed by atoms with Crippen molar-refractivity contribution < 1.29 is 18.7 Å². The van der Waals surface area contributed by atoms with Gasteiger partial charge < -0.3 is 19.7 Å². The Hall–Kier alpha value is -2.44. The van der Waals surface area contributed by atoms with E-state index in [9.17, 15) is 9.18 Å². The zero-order chi connectivity index (χ0) is 19.1. The Balaban J connectivity index is 1.84. The molecule has 1 saturated heterocycles. The molecule has 144 valence electrons. The smallest absolute Gasteiger partial charge is 0.412 e. The van der Waals surface area contributed by atoms with Crippen LogP contribution in [0.15, 0.2) is 48.5 Å². The van der Waals surface area contributed by atoms with Crippen LogP contribution in [0.25, 0.3) is 11.1 Å². The molecule has 27 heavy (non-hydrogen) atoms. The molecule has 1 aliphatic heterocycles. The molecule has 1 fully saturated rings. The lowest BCUT2D eigenvalue weighted by atomic mass is 10.0. The summed E-state index contributed by atoms with van der Waals surface area (Å²) >= 11 is 0. The van der Waals surface area contributed by atoms with E-state index in [0.29, 0.717) is 32.8 Å².